The lowest BCUT2D eigenvalue weighted by molar-refractivity contribution is 0.323. The Hall–Kier alpha value is 1.10. The third kappa shape index (κ3) is 12.4. The van der Waals surface area contributed by atoms with Crippen LogP contribution in [0.25, 0.3) is 0 Å². The highest BCUT2D eigenvalue weighted by Crippen LogP contribution is 2.14. The smallest absolute Gasteiger partial charge is 0.365 e. The molecule has 0 rings (SSSR count). The van der Waals surface area contributed by atoms with Crippen LogP contribution in [-0.4, -0.2) is 55.2 Å². The van der Waals surface area contributed by atoms with E-state index in [4.69, 9.17) is 20.6 Å². The predicted octanol–water partition coefficient (Wildman–Crippen LogP) is 5.16. The van der Waals surface area contributed by atoms with Crippen LogP contribution in [0.1, 0.15) is 55.4 Å². The first-order chi connectivity index (χ1) is 13.0. The zero-order valence-electron chi connectivity index (χ0n) is 18.7. The molecule has 158 valence electrons. The van der Waals surface area contributed by atoms with Crippen LogP contribution >= 0.6 is 0 Å². The van der Waals surface area contributed by atoms with E-state index in [1.165, 1.54) is 0 Å². The summed E-state index contributed by atoms with van der Waals surface area (Å²) < 4.78 is 31.7. The van der Waals surface area contributed by atoms with E-state index in [0.29, 0.717) is 0 Å². The molecule has 0 N–H and O–H groups in total. The second-order valence-corrected chi connectivity index (χ2v) is 20.8. The third-order valence-corrected chi connectivity index (χ3v) is 19.0. The highest BCUT2D eigenvalue weighted by molar-refractivity contribution is 6.72. The molecule has 0 saturated heterocycles. The summed E-state index contributed by atoms with van der Waals surface area (Å²) in [5, 5.41) is 0. The van der Waals surface area contributed by atoms with Crippen LogP contribution in [0.3, 0.4) is 0 Å². The Morgan fingerprint density at radius 2 is 0.556 bits per heavy atom. The van der Waals surface area contributed by atoms with Crippen LogP contribution in [0.15, 0.2) is 0 Å². The first kappa shape index (κ1) is 28.1. The van der Waals surface area contributed by atoms with Gasteiger partial charge in [0.25, 0.3) is 0 Å². The van der Waals surface area contributed by atoms with Crippen LogP contribution < -0.4 is 0 Å². The van der Waals surface area contributed by atoms with Crippen molar-refractivity contribution in [2.24, 2.45) is 0 Å². The molecule has 0 aliphatic heterocycles. The van der Waals surface area contributed by atoms with Crippen molar-refractivity contribution in [3.8, 4) is 0 Å². The molecule has 0 aliphatic carbocycles. The van der Waals surface area contributed by atoms with Gasteiger partial charge in [0, 0.05) is 0 Å². The van der Waals surface area contributed by atoms with Gasteiger partial charge in [-0.05, 0) is 48.4 Å². The van der Waals surface area contributed by atoms with Gasteiger partial charge in [-0.1, -0.05) is 55.4 Å². The summed E-state index contributed by atoms with van der Waals surface area (Å²) in [7, 11) is -6.54. The predicted molar refractivity (Wildman–Crippen MR) is 124 cm³/mol. The van der Waals surface area contributed by atoms with E-state index in [1.807, 2.05) is 0 Å². The lowest BCUT2D eigenvalue weighted by atomic mass is 11.0. The summed E-state index contributed by atoms with van der Waals surface area (Å²) in [6, 6.07) is 8.34. The summed E-state index contributed by atoms with van der Waals surface area (Å²) >= 11 is 0. The molecule has 0 aromatic rings. The number of rotatable bonds is 18. The maximum atomic E-state index is 6.38. The second-order valence-electron chi connectivity index (χ2n) is 5.90. The molecule has 0 heterocycles. The molecule has 6 radical (unpaired) electrons. The Balaban J connectivity index is 4.71. The molecule has 0 saturated carbocycles. The molecular formula is C16H40O5Si6. The first-order valence-electron chi connectivity index (χ1n) is 10.5. The van der Waals surface area contributed by atoms with Crippen molar-refractivity contribution in [1.82, 2.24) is 0 Å². The van der Waals surface area contributed by atoms with Gasteiger partial charge in [-0.3, -0.25) is 0 Å². The van der Waals surface area contributed by atoms with Crippen molar-refractivity contribution in [3.05, 3.63) is 0 Å². The van der Waals surface area contributed by atoms with Crippen molar-refractivity contribution >= 4 is 55.2 Å². The average molecular weight is 481 g/mol. The topological polar surface area (TPSA) is 46.2 Å². The quantitative estimate of drug-likeness (QED) is 0.253. The lowest BCUT2D eigenvalue weighted by Gasteiger charge is -2.27. The third-order valence-electron chi connectivity index (χ3n) is 3.93. The molecule has 0 unspecified atom stereocenters. The van der Waals surface area contributed by atoms with Gasteiger partial charge in [0.05, 0.1) is 0 Å². The second kappa shape index (κ2) is 17.9. The maximum Gasteiger partial charge on any atom is 0.365 e. The van der Waals surface area contributed by atoms with Crippen molar-refractivity contribution < 1.29 is 20.6 Å². The van der Waals surface area contributed by atoms with Gasteiger partial charge in [-0.2, -0.15) is 0 Å². The summed E-state index contributed by atoms with van der Waals surface area (Å²) in [4.78, 5) is 0. The molecule has 0 spiro atoms. The first-order valence-corrected chi connectivity index (χ1v) is 20.3. The molecule has 0 atom stereocenters. The monoisotopic (exact) mass is 480 g/mol. The fourth-order valence-corrected chi connectivity index (χ4v) is 17.9. The maximum absolute atomic E-state index is 6.38. The van der Waals surface area contributed by atoms with Crippen LogP contribution in [0, 0.1) is 0 Å². The van der Waals surface area contributed by atoms with Gasteiger partial charge in [-0.15, -0.1) is 0 Å². The van der Waals surface area contributed by atoms with E-state index in [2.05, 4.69) is 55.4 Å². The van der Waals surface area contributed by atoms with E-state index in [-0.39, 0.29) is 0 Å². The Morgan fingerprint density at radius 3 is 0.741 bits per heavy atom. The Bertz CT molecular complexity index is 306. The van der Waals surface area contributed by atoms with Crippen molar-refractivity contribution in [2.45, 2.75) is 104 Å². The molecular weight excluding hydrogens is 441 g/mol. The summed E-state index contributed by atoms with van der Waals surface area (Å²) in [5.74, 6) is 0. The Labute approximate surface area is 179 Å². The number of hydrogen-bond acceptors (Lipinski definition) is 5. The van der Waals surface area contributed by atoms with Crippen LogP contribution in [-0.2, 0) is 20.6 Å². The SMILES string of the molecule is CC[Si](CC)O[Si](CC)O[Si](CC)O[Si](CC)O[Si](CC)O[Si](CC)CC. The van der Waals surface area contributed by atoms with E-state index < -0.39 is 55.2 Å². The molecule has 0 amide bonds. The van der Waals surface area contributed by atoms with Gasteiger partial charge in [0.2, 0.25) is 0 Å². The van der Waals surface area contributed by atoms with Crippen molar-refractivity contribution in [1.29, 1.82) is 0 Å². The van der Waals surface area contributed by atoms with Crippen molar-refractivity contribution in [2.75, 3.05) is 0 Å². The molecule has 0 bridgehead atoms. The minimum atomic E-state index is -1.33. The molecule has 11 heteroatoms. The zero-order valence-corrected chi connectivity index (χ0v) is 24.7. The molecule has 0 fully saturated rings. The standard InChI is InChI=1S/C16H40O5Si6/c1-9-22(10-2)17-24(13-5)19-26(15-7)21-27(16-8)20-25(14-6)18-23(11-3)12-4/h9-16H2,1-8H3. The van der Waals surface area contributed by atoms with Gasteiger partial charge >= 0.3 is 37.1 Å². The fourth-order valence-electron chi connectivity index (χ4n) is 2.15. The molecule has 27 heavy (non-hydrogen) atoms. The normalized spacial score (nSPS) is 12.7. The molecule has 0 aliphatic rings. The van der Waals surface area contributed by atoms with Gasteiger partial charge in [0.1, 0.15) is 0 Å². The van der Waals surface area contributed by atoms with Crippen molar-refractivity contribution in [3.63, 3.8) is 0 Å². The zero-order chi connectivity index (χ0) is 20.7. The molecule has 0 aromatic carbocycles. The molecule has 0 aromatic heterocycles. The van der Waals surface area contributed by atoms with Crippen LogP contribution in [0.2, 0.25) is 48.4 Å². The fraction of sp³-hybridized carbons (Fsp3) is 1.00. The summed E-state index contributed by atoms with van der Waals surface area (Å²) in [5.41, 5.74) is 0. The highest BCUT2D eigenvalue weighted by Gasteiger charge is 2.31. The van der Waals surface area contributed by atoms with Gasteiger partial charge in [-0.25, -0.2) is 0 Å². The number of hydrogen-bond donors (Lipinski definition) is 0. The average Bonchev–Trinajstić information content (AvgIpc) is 2.71. The van der Waals surface area contributed by atoms with E-state index in [9.17, 15) is 0 Å². The summed E-state index contributed by atoms with van der Waals surface area (Å²) in [6.07, 6.45) is 0. The minimum Gasteiger partial charge on any atom is -0.435 e. The Morgan fingerprint density at radius 1 is 0.333 bits per heavy atom. The van der Waals surface area contributed by atoms with E-state index >= 15 is 0 Å². The highest BCUT2D eigenvalue weighted by atomic mass is 28.5. The summed E-state index contributed by atoms with van der Waals surface area (Å²) in [6.45, 7) is 17.5. The van der Waals surface area contributed by atoms with E-state index in [1.54, 1.807) is 0 Å². The lowest BCUT2D eigenvalue weighted by Crippen LogP contribution is -2.43. The van der Waals surface area contributed by atoms with E-state index in [0.717, 1.165) is 48.4 Å². The molecule has 5 nitrogen and oxygen atoms in total. The van der Waals surface area contributed by atoms with Gasteiger partial charge in [0.15, 0.2) is 18.1 Å². The minimum absolute atomic E-state index is 0.716. The van der Waals surface area contributed by atoms with Gasteiger partial charge < -0.3 is 20.6 Å². The Kier molecular flexibility index (Phi) is 18.6. The van der Waals surface area contributed by atoms with Crippen LogP contribution in [0.4, 0.5) is 0 Å². The largest absolute Gasteiger partial charge is 0.435 e. The van der Waals surface area contributed by atoms with Crippen LogP contribution in [0.5, 0.6) is 0 Å².